The zero-order chi connectivity index (χ0) is 21.0. The first-order chi connectivity index (χ1) is 14.0. The molecule has 0 unspecified atom stereocenters. The standard InChI is InChI=1S/C21H22N2O5S/c1-26-17-12-18(27-2)21(19(13-17)28-3)15-8-10-23(11-9-15)29(24,25)20-7-5-4-6-16(20)14-22/h4-8,12-13H,9-11H2,1-3H3. The molecule has 0 bridgehead atoms. The molecule has 152 valence electrons. The molecule has 1 heterocycles. The molecule has 0 aliphatic carbocycles. The molecule has 2 aromatic carbocycles. The van der Waals surface area contributed by atoms with Crippen molar-refractivity contribution in [2.45, 2.75) is 11.3 Å². The molecule has 0 aromatic heterocycles. The van der Waals surface area contributed by atoms with Crippen LogP contribution in [0.2, 0.25) is 0 Å². The molecule has 2 aromatic rings. The van der Waals surface area contributed by atoms with Gasteiger partial charge in [-0.2, -0.15) is 9.57 Å². The Morgan fingerprint density at radius 3 is 2.21 bits per heavy atom. The molecule has 0 radical (unpaired) electrons. The average Bonchev–Trinajstić information content (AvgIpc) is 2.77. The van der Waals surface area contributed by atoms with E-state index in [4.69, 9.17) is 14.2 Å². The fourth-order valence-corrected chi connectivity index (χ4v) is 4.86. The Kier molecular flexibility index (Phi) is 6.11. The molecule has 3 rings (SSSR count). The number of sulfonamides is 1. The predicted molar refractivity (Wildman–Crippen MR) is 109 cm³/mol. The van der Waals surface area contributed by atoms with Gasteiger partial charge >= 0.3 is 0 Å². The number of benzene rings is 2. The highest BCUT2D eigenvalue weighted by atomic mass is 32.2. The Hall–Kier alpha value is -3.02. The van der Waals surface area contributed by atoms with Crippen LogP contribution in [0.15, 0.2) is 47.4 Å². The Labute approximate surface area is 170 Å². The van der Waals surface area contributed by atoms with Crippen LogP contribution in [0.25, 0.3) is 5.57 Å². The van der Waals surface area contributed by atoms with Crippen LogP contribution in [0.3, 0.4) is 0 Å². The second-order valence-corrected chi connectivity index (χ2v) is 8.26. The minimum absolute atomic E-state index is 0.0268. The van der Waals surface area contributed by atoms with Crippen LogP contribution >= 0.6 is 0 Å². The van der Waals surface area contributed by atoms with Gasteiger partial charge in [-0.25, -0.2) is 8.42 Å². The van der Waals surface area contributed by atoms with Crippen LogP contribution in [0.5, 0.6) is 17.2 Å². The lowest BCUT2D eigenvalue weighted by atomic mass is 9.98. The minimum atomic E-state index is -3.77. The molecule has 1 aliphatic heterocycles. The van der Waals surface area contributed by atoms with Crippen molar-refractivity contribution in [2.24, 2.45) is 0 Å². The molecule has 0 saturated carbocycles. The summed E-state index contributed by atoms with van der Waals surface area (Å²) < 4.78 is 43.7. The number of methoxy groups -OCH3 is 3. The SMILES string of the molecule is COc1cc(OC)c(C2=CCN(S(=O)(=O)c3ccccc3C#N)CC2)c(OC)c1. The van der Waals surface area contributed by atoms with E-state index in [1.165, 1.54) is 16.4 Å². The largest absolute Gasteiger partial charge is 0.496 e. The highest BCUT2D eigenvalue weighted by Crippen LogP contribution is 2.41. The molecule has 1 aliphatic rings. The van der Waals surface area contributed by atoms with Gasteiger partial charge in [-0.05, 0) is 24.1 Å². The summed E-state index contributed by atoms with van der Waals surface area (Å²) in [6.07, 6.45) is 2.33. The van der Waals surface area contributed by atoms with E-state index < -0.39 is 10.0 Å². The van der Waals surface area contributed by atoms with Crippen molar-refractivity contribution in [1.29, 1.82) is 5.26 Å². The fraction of sp³-hybridized carbons (Fsp3) is 0.286. The fourth-order valence-electron chi connectivity index (χ4n) is 3.34. The van der Waals surface area contributed by atoms with Gasteiger partial charge in [-0.15, -0.1) is 0 Å². The normalized spacial score (nSPS) is 14.6. The zero-order valence-electron chi connectivity index (χ0n) is 16.5. The summed E-state index contributed by atoms with van der Waals surface area (Å²) in [5, 5.41) is 9.25. The Morgan fingerprint density at radius 1 is 1.03 bits per heavy atom. The molecule has 0 N–H and O–H groups in total. The van der Waals surface area contributed by atoms with E-state index >= 15 is 0 Å². The number of ether oxygens (including phenoxy) is 3. The third-order valence-corrected chi connectivity index (χ3v) is 6.76. The van der Waals surface area contributed by atoms with Crippen LogP contribution in [0, 0.1) is 11.3 Å². The van der Waals surface area contributed by atoms with Gasteiger partial charge in [0.1, 0.15) is 23.3 Å². The predicted octanol–water partition coefficient (Wildman–Crippen LogP) is 3.06. The van der Waals surface area contributed by atoms with E-state index in [0.717, 1.165) is 11.1 Å². The van der Waals surface area contributed by atoms with E-state index in [0.29, 0.717) is 23.7 Å². The maximum absolute atomic E-state index is 13.0. The summed E-state index contributed by atoms with van der Waals surface area (Å²) in [6.45, 7) is 0.474. The van der Waals surface area contributed by atoms with Crippen molar-refractivity contribution < 1.29 is 22.6 Å². The number of nitrogens with zero attached hydrogens (tertiary/aromatic N) is 2. The molecular weight excluding hydrogens is 392 g/mol. The summed E-state index contributed by atoms with van der Waals surface area (Å²) in [5.41, 5.74) is 1.85. The van der Waals surface area contributed by atoms with Crippen molar-refractivity contribution in [3.63, 3.8) is 0 Å². The highest BCUT2D eigenvalue weighted by molar-refractivity contribution is 7.89. The quantitative estimate of drug-likeness (QED) is 0.722. The van der Waals surface area contributed by atoms with Gasteiger partial charge in [0.2, 0.25) is 10.0 Å². The first-order valence-electron chi connectivity index (χ1n) is 8.95. The summed E-state index contributed by atoms with van der Waals surface area (Å²) in [5.74, 6) is 1.80. The number of nitriles is 1. The van der Waals surface area contributed by atoms with Crippen LogP contribution in [-0.2, 0) is 10.0 Å². The number of rotatable bonds is 6. The molecule has 0 saturated heterocycles. The molecule has 8 heteroatoms. The molecule has 0 fully saturated rings. The van der Waals surface area contributed by atoms with Crippen molar-refractivity contribution in [3.8, 4) is 23.3 Å². The van der Waals surface area contributed by atoms with Crippen molar-refractivity contribution >= 4 is 15.6 Å². The van der Waals surface area contributed by atoms with Gasteiger partial charge in [-0.3, -0.25) is 0 Å². The van der Waals surface area contributed by atoms with Crippen LogP contribution in [0.1, 0.15) is 17.5 Å². The Bertz CT molecular complexity index is 1060. The van der Waals surface area contributed by atoms with E-state index in [1.54, 1.807) is 45.6 Å². The van der Waals surface area contributed by atoms with E-state index in [2.05, 4.69) is 0 Å². The maximum Gasteiger partial charge on any atom is 0.244 e. The molecule has 7 nitrogen and oxygen atoms in total. The van der Waals surface area contributed by atoms with Gasteiger partial charge in [0, 0.05) is 25.2 Å². The Morgan fingerprint density at radius 2 is 1.69 bits per heavy atom. The number of hydrogen-bond donors (Lipinski definition) is 0. The minimum Gasteiger partial charge on any atom is -0.496 e. The highest BCUT2D eigenvalue weighted by Gasteiger charge is 2.30. The van der Waals surface area contributed by atoms with Crippen LogP contribution in [0.4, 0.5) is 0 Å². The van der Waals surface area contributed by atoms with Gasteiger partial charge in [0.15, 0.2) is 0 Å². The topological polar surface area (TPSA) is 88.9 Å². The second-order valence-electron chi connectivity index (χ2n) is 6.36. The van der Waals surface area contributed by atoms with Gasteiger partial charge < -0.3 is 14.2 Å². The summed E-state index contributed by atoms with van der Waals surface area (Å²) in [6, 6.07) is 11.7. The molecule has 0 spiro atoms. The summed E-state index contributed by atoms with van der Waals surface area (Å²) in [7, 11) is 0.929. The monoisotopic (exact) mass is 414 g/mol. The Balaban J connectivity index is 1.95. The van der Waals surface area contributed by atoms with E-state index in [9.17, 15) is 13.7 Å². The molecule has 0 amide bonds. The lowest BCUT2D eigenvalue weighted by molar-refractivity contribution is 0.372. The van der Waals surface area contributed by atoms with E-state index in [-0.39, 0.29) is 23.5 Å². The van der Waals surface area contributed by atoms with Crippen molar-refractivity contribution in [1.82, 2.24) is 4.31 Å². The third kappa shape index (κ3) is 3.92. The summed E-state index contributed by atoms with van der Waals surface area (Å²) in [4.78, 5) is 0.0268. The van der Waals surface area contributed by atoms with Crippen molar-refractivity contribution in [3.05, 3.63) is 53.6 Å². The van der Waals surface area contributed by atoms with E-state index in [1.807, 2.05) is 12.1 Å². The van der Waals surface area contributed by atoms with Crippen molar-refractivity contribution in [2.75, 3.05) is 34.4 Å². The van der Waals surface area contributed by atoms with Gasteiger partial charge in [0.25, 0.3) is 0 Å². The third-order valence-electron chi connectivity index (χ3n) is 4.83. The molecule has 0 atom stereocenters. The average molecular weight is 414 g/mol. The summed E-state index contributed by atoms with van der Waals surface area (Å²) >= 11 is 0. The zero-order valence-corrected chi connectivity index (χ0v) is 17.3. The first kappa shape index (κ1) is 20.7. The smallest absolute Gasteiger partial charge is 0.244 e. The molecular formula is C21H22N2O5S. The maximum atomic E-state index is 13.0. The van der Waals surface area contributed by atoms with Gasteiger partial charge in [0.05, 0.1) is 37.4 Å². The first-order valence-corrected chi connectivity index (χ1v) is 10.4. The van der Waals surface area contributed by atoms with Crippen LogP contribution in [-0.4, -0.2) is 47.1 Å². The molecule has 29 heavy (non-hydrogen) atoms. The van der Waals surface area contributed by atoms with Crippen LogP contribution < -0.4 is 14.2 Å². The number of hydrogen-bond acceptors (Lipinski definition) is 6. The van der Waals surface area contributed by atoms with Gasteiger partial charge in [-0.1, -0.05) is 18.2 Å². The second kappa shape index (κ2) is 8.55. The lowest BCUT2D eigenvalue weighted by Gasteiger charge is -2.27. The lowest BCUT2D eigenvalue weighted by Crippen LogP contribution is -2.35.